The summed E-state index contributed by atoms with van der Waals surface area (Å²) in [5.74, 6) is -2.59. The fraction of sp³-hybridized carbons (Fsp3) is 0.462. The number of carbonyl (C=O) groups is 1. The van der Waals surface area contributed by atoms with E-state index in [0.717, 1.165) is 18.2 Å². The second-order valence-corrected chi connectivity index (χ2v) is 6.31. The van der Waals surface area contributed by atoms with Crippen molar-refractivity contribution in [3.05, 3.63) is 29.6 Å². The Kier molecular flexibility index (Phi) is 6.73. The second-order valence-electron chi connectivity index (χ2n) is 4.23. The highest BCUT2D eigenvalue weighted by Crippen LogP contribution is 2.18. The van der Waals surface area contributed by atoms with Gasteiger partial charge in [-0.3, -0.25) is 0 Å². The first kappa shape index (κ1) is 17.5. The molecular formula is C13H17FO6S. The van der Waals surface area contributed by atoms with Crippen LogP contribution in [0.15, 0.2) is 23.1 Å². The SMILES string of the molecule is COCCOCCCS(=O)(=O)c1cc(C(=O)O)ccc1F. The Morgan fingerprint density at radius 1 is 1.29 bits per heavy atom. The number of hydrogen-bond acceptors (Lipinski definition) is 5. The number of sulfone groups is 1. The Labute approximate surface area is 122 Å². The standard InChI is InChI=1S/C13H17FO6S/c1-19-6-7-20-5-2-8-21(17,18)12-9-10(13(15)16)3-4-11(12)14/h3-4,9H,2,5-8H2,1H3,(H,15,16). The van der Waals surface area contributed by atoms with Crippen molar-refractivity contribution in [1.29, 1.82) is 0 Å². The maximum atomic E-state index is 13.6. The molecular weight excluding hydrogens is 303 g/mol. The van der Waals surface area contributed by atoms with Gasteiger partial charge in [-0.2, -0.15) is 0 Å². The molecule has 1 aromatic rings. The molecule has 0 aliphatic heterocycles. The van der Waals surface area contributed by atoms with Gasteiger partial charge in [0, 0.05) is 13.7 Å². The minimum atomic E-state index is -3.89. The van der Waals surface area contributed by atoms with Crippen LogP contribution < -0.4 is 0 Å². The van der Waals surface area contributed by atoms with Gasteiger partial charge in [0.25, 0.3) is 0 Å². The van der Waals surface area contributed by atoms with Gasteiger partial charge in [-0.25, -0.2) is 17.6 Å². The van der Waals surface area contributed by atoms with Gasteiger partial charge in [-0.1, -0.05) is 0 Å². The highest BCUT2D eigenvalue weighted by atomic mass is 32.2. The highest BCUT2D eigenvalue weighted by molar-refractivity contribution is 7.91. The number of benzene rings is 1. The minimum absolute atomic E-state index is 0.183. The molecule has 0 saturated heterocycles. The van der Waals surface area contributed by atoms with Gasteiger partial charge in [0.05, 0.1) is 24.5 Å². The van der Waals surface area contributed by atoms with E-state index < -0.39 is 26.5 Å². The molecule has 0 amide bonds. The van der Waals surface area contributed by atoms with Crippen LogP contribution in [0.4, 0.5) is 4.39 Å². The smallest absolute Gasteiger partial charge is 0.335 e. The Hall–Kier alpha value is -1.51. The van der Waals surface area contributed by atoms with E-state index in [-0.39, 0.29) is 24.3 Å². The molecule has 1 rings (SSSR count). The largest absolute Gasteiger partial charge is 0.478 e. The van der Waals surface area contributed by atoms with Gasteiger partial charge >= 0.3 is 5.97 Å². The molecule has 6 nitrogen and oxygen atoms in total. The summed E-state index contributed by atoms with van der Waals surface area (Å²) in [6.45, 7) is 0.949. The molecule has 0 atom stereocenters. The Bertz CT molecular complexity index is 584. The van der Waals surface area contributed by atoms with Crippen molar-refractivity contribution in [3.63, 3.8) is 0 Å². The third kappa shape index (κ3) is 5.41. The molecule has 1 N–H and O–H groups in total. The maximum Gasteiger partial charge on any atom is 0.335 e. The van der Waals surface area contributed by atoms with E-state index in [1.54, 1.807) is 0 Å². The summed E-state index contributed by atoms with van der Waals surface area (Å²) in [6, 6.07) is 2.69. The molecule has 0 radical (unpaired) electrons. The van der Waals surface area contributed by atoms with Gasteiger partial charge < -0.3 is 14.6 Å². The Morgan fingerprint density at radius 3 is 2.62 bits per heavy atom. The number of rotatable bonds is 9. The molecule has 0 bridgehead atoms. The number of methoxy groups -OCH3 is 1. The second kappa shape index (κ2) is 8.06. The molecule has 118 valence electrons. The number of aromatic carboxylic acids is 1. The number of carboxylic acid groups (broad SMARTS) is 1. The molecule has 0 spiro atoms. The number of ether oxygens (including phenoxy) is 2. The minimum Gasteiger partial charge on any atom is -0.478 e. The van der Waals surface area contributed by atoms with E-state index >= 15 is 0 Å². The first-order valence-corrected chi connectivity index (χ1v) is 7.86. The van der Waals surface area contributed by atoms with Crippen LogP contribution in [0.2, 0.25) is 0 Å². The summed E-state index contributed by atoms with van der Waals surface area (Å²) < 4.78 is 47.5. The fourth-order valence-electron chi connectivity index (χ4n) is 1.58. The van der Waals surface area contributed by atoms with Crippen molar-refractivity contribution in [2.45, 2.75) is 11.3 Å². The van der Waals surface area contributed by atoms with E-state index in [1.165, 1.54) is 7.11 Å². The lowest BCUT2D eigenvalue weighted by atomic mass is 10.2. The van der Waals surface area contributed by atoms with Crippen LogP contribution in [0, 0.1) is 5.82 Å². The summed E-state index contributed by atoms with van der Waals surface area (Å²) in [5, 5.41) is 8.81. The monoisotopic (exact) mass is 320 g/mol. The van der Waals surface area contributed by atoms with Crippen LogP contribution in [0.3, 0.4) is 0 Å². The average Bonchev–Trinajstić information content (AvgIpc) is 2.42. The zero-order valence-electron chi connectivity index (χ0n) is 11.5. The Balaban J connectivity index is 2.70. The summed E-state index contributed by atoms with van der Waals surface area (Å²) in [4.78, 5) is 10.2. The summed E-state index contributed by atoms with van der Waals surface area (Å²) in [6.07, 6.45) is 0.183. The van der Waals surface area contributed by atoms with Crippen molar-refractivity contribution >= 4 is 15.8 Å². The maximum absolute atomic E-state index is 13.6. The predicted molar refractivity (Wildman–Crippen MR) is 72.7 cm³/mol. The zero-order valence-corrected chi connectivity index (χ0v) is 12.4. The van der Waals surface area contributed by atoms with Crippen molar-refractivity contribution in [2.75, 3.05) is 32.7 Å². The van der Waals surface area contributed by atoms with E-state index in [9.17, 15) is 17.6 Å². The number of hydrogen-bond donors (Lipinski definition) is 1. The van der Waals surface area contributed by atoms with Crippen LogP contribution in [-0.2, 0) is 19.3 Å². The van der Waals surface area contributed by atoms with Crippen molar-refractivity contribution in [1.82, 2.24) is 0 Å². The first-order chi connectivity index (χ1) is 9.88. The molecule has 0 aliphatic rings. The number of halogens is 1. The van der Waals surface area contributed by atoms with E-state index in [1.807, 2.05) is 0 Å². The molecule has 0 fully saturated rings. The van der Waals surface area contributed by atoms with Crippen LogP contribution in [0.1, 0.15) is 16.8 Å². The van der Waals surface area contributed by atoms with Crippen molar-refractivity contribution in [2.24, 2.45) is 0 Å². The average molecular weight is 320 g/mol. The number of carboxylic acids is 1. The van der Waals surface area contributed by atoms with Gasteiger partial charge in [-0.15, -0.1) is 0 Å². The molecule has 0 aromatic heterocycles. The van der Waals surface area contributed by atoms with Gasteiger partial charge in [-0.05, 0) is 24.6 Å². The van der Waals surface area contributed by atoms with E-state index in [2.05, 4.69) is 0 Å². The van der Waals surface area contributed by atoms with Crippen LogP contribution in [0.25, 0.3) is 0 Å². The molecule has 0 aliphatic carbocycles. The first-order valence-electron chi connectivity index (χ1n) is 6.21. The van der Waals surface area contributed by atoms with Gasteiger partial charge in [0.15, 0.2) is 9.84 Å². The fourth-order valence-corrected chi connectivity index (χ4v) is 2.97. The molecule has 8 heteroatoms. The topological polar surface area (TPSA) is 89.9 Å². The third-order valence-electron chi connectivity index (χ3n) is 2.65. The summed E-state index contributed by atoms with van der Waals surface area (Å²) >= 11 is 0. The van der Waals surface area contributed by atoms with Crippen LogP contribution >= 0.6 is 0 Å². The normalized spacial score (nSPS) is 11.5. The van der Waals surface area contributed by atoms with Gasteiger partial charge in [0.1, 0.15) is 10.7 Å². The molecule has 0 unspecified atom stereocenters. The molecule has 1 aromatic carbocycles. The van der Waals surface area contributed by atoms with Crippen LogP contribution in [-0.4, -0.2) is 52.2 Å². The van der Waals surface area contributed by atoms with Crippen LogP contribution in [0.5, 0.6) is 0 Å². The third-order valence-corrected chi connectivity index (χ3v) is 4.46. The molecule has 0 saturated carbocycles. The van der Waals surface area contributed by atoms with Crippen molar-refractivity contribution < 1.29 is 32.2 Å². The highest BCUT2D eigenvalue weighted by Gasteiger charge is 2.20. The zero-order chi connectivity index (χ0) is 15.9. The van der Waals surface area contributed by atoms with Crippen molar-refractivity contribution in [3.8, 4) is 0 Å². The quantitative estimate of drug-likeness (QED) is 0.691. The Morgan fingerprint density at radius 2 is 2.00 bits per heavy atom. The van der Waals surface area contributed by atoms with E-state index in [0.29, 0.717) is 13.2 Å². The lowest BCUT2D eigenvalue weighted by molar-refractivity contribution is 0.0696. The summed E-state index contributed by atoms with van der Waals surface area (Å²) in [5.41, 5.74) is -0.272. The molecule has 21 heavy (non-hydrogen) atoms. The lowest BCUT2D eigenvalue weighted by Crippen LogP contribution is -2.13. The predicted octanol–water partition coefficient (Wildman–Crippen LogP) is 1.35. The molecule has 0 heterocycles. The van der Waals surface area contributed by atoms with Gasteiger partial charge in [0.2, 0.25) is 0 Å². The van der Waals surface area contributed by atoms with E-state index in [4.69, 9.17) is 14.6 Å². The lowest BCUT2D eigenvalue weighted by Gasteiger charge is -2.07. The summed E-state index contributed by atoms with van der Waals surface area (Å²) in [7, 11) is -2.37.